The summed E-state index contributed by atoms with van der Waals surface area (Å²) in [6.45, 7) is 2.65. The van der Waals surface area contributed by atoms with Gasteiger partial charge in [-0.25, -0.2) is 4.98 Å². The Balaban J connectivity index is 1.67. The second-order valence-electron chi connectivity index (χ2n) is 7.22. The van der Waals surface area contributed by atoms with Gasteiger partial charge in [-0.2, -0.15) is 8.42 Å². The van der Waals surface area contributed by atoms with Crippen molar-refractivity contribution < 1.29 is 12.6 Å². The van der Waals surface area contributed by atoms with Gasteiger partial charge in [0.05, 0.1) is 16.8 Å². The molecule has 0 atom stereocenters. The molecule has 5 nitrogen and oxygen atoms in total. The number of benzene rings is 3. The summed E-state index contributed by atoms with van der Waals surface area (Å²) in [6.07, 6.45) is 1.39. The quantitative estimate of drug-likeness (QED) is 0.365. The van der Waals surface area contributed by atoms with Crippen LogP contribution < -0.4 is 4.18 Å². The Morgan fingerprint density at radius 2 is 1.60 bits per heavy atom. The Kier molecular flexibility index (Phi) is 5.86. The van der Waals surface area contributed by atoms with Gasteiger partial charge in [-0.15, -0.1) is 0 Å². The zero-order valence-electron chi connectivity index (χ0n) is 16.9. The van der Waals surface area contributed by atoms with Crippen molar-refractivity contribution in [3.8, 4) is 17.1 Å². The highest BCUT2D eigenvalue weighted by molar-refractivity contribution is 7.87. The zero-order valence-corrected chi connectivity index (χ0v) is 17.7. The molecule has 0 fully saturated rings. The number of rotatable bonds is 8. The number of hydrogen-bond donors (Lipinski definition) is 0. The molecule has 0 radical (unpaired) electrons. The van der Waals surface area contributed by atoms with Gasteiger partial charge < -0.3 is 8.75 Å². The summed E-state index contributed by atoms with van der Waals surface area (Å²) < 4.78 is 31.5. The Bertz CT molecular complexity index is 1230. The smallest absolute Gasteiger partial charge is 0.309 e. The van der Waals surface area contributed by atoms with E-state index in [0.717, 1.165) is 28.8 Å². The van der Waals surface area contributed by atoms with Crippen molar-refractivity contribution in [1.82, 2.24) is 9.55 Å². The molecule has 30 heavy (non-hydrogen) atoms. The first kappa shape index (κ1) is 20.2. The van der Waals surface area contributed by atoms with Crippen LogP contribution in [0.1, 0.15) is 25.3 Å². The van der Waals surface area contributed by atoms with Crippen LogP contribution in [0.15, 0.2) is 78.9 Å². The maximum atomic E-state index is 12.0. The Labute approximate surface area is 177 Å². The number of imidazole rings is 1. The van der Waals surface area contributed by atoms with Gasteiger partial charge in [-0.1, -0.05) is 55.8 Å². The number of fused-ring (bicyclic) bond motifs is 1. The SMILES string of the molecule is CCCCS(=O)(=O)Oc1ccc(-c2nc3ccccc3n2Cc2ccccc2)cc1. The van der Waals surface area contributed by atoms with E-state index < -0.39 is 10.1 Å². The molecular formula is C24H24N2O3S. The van der Waals surface area contributed by atoms with Gasteiger partial charge >= 0.3 is 10.1 Å². The molecule has 0 bridgehead atoms. The van der Waals surface area contributed by atoms with Crippen LogP contribution in [0.2, 0.25) is 0 Å². The number of unbranched alkanes of at least 4 members (excludes halogenated alkanes) is 1. The van der Waals surface area contributed by atoms with Crippen LogP contribution in [-0.4, -0.2) is 23.7 Å². The Morgan fingerprint density at radius 1 is 0.900 bits per heavy atom. The molecule has 0 spiro atoms. The summed E-state index contributed by atoms with van der Waals surface area (Å²) in [5.74, 6) is 1.18. The molecule has 154 valence electrons. The second-order valence-corrected chi connectivity index (χ2v) is 8.91. The number of nitrogens with zero attached hydrogens (tertiary/aromatic N) is 2. The van der Waals surface area contributed by atoms with Crippen LogP contribution in [0.5, 0.6) is 5.75 Å². The lowest BCUT2D eigenvalue weighted by Crippen LogP contribution is -2.13. The number of hydrogen-bond acceptors (Lipinski definition) is 4. The first-order valence-corrected chi connectivity index (χ1v) is 11.7. The average Bonchev–Trinajstić information content (AvgIpc) is 3.12. The highest BCUT2D eigenvalue weighted by Gasteiger charge is 2.15. The number of aromatic nitrogens is 2. The van der Waals surface area contributed by atoms with Crippen molar-refractivity contribution in [1.29, 1.82) is 0 Å². The maximum Gasteiger partial charge on any atom is 0.309 e. The standard InChI is InChI=1S/C24H24N2O3S/c1-2-3-17-30(27,28)29-21-15-13-20(14-16-21)24-25-22-11-7-8-12-23(22)26(24)18-19-9-5-4-6-10-19/h4-16H,2-3,17-18H2,1H3. The summed E-state index contributed by atoms with van der Waals surface area (Å²) >= 11 is 0. The molecule has 0 amide bonds. The van der Waals surface area contributed by atoms with Gasteiger partial charge in [0, 0.05) is 12.1 Å². The van der Waals surface area contributed by atoms with Crippen LogP contribution in [0.4, 0.5) is 0 Å². The van der Waals surface area contributed by atoms with Crippen LogP contribution in [0, 0.1) is 0 Å². The van der Waals surface area contributed by atoms with Crippen molar-refractivity contribution >= 4 is 21.2 Å². The maximum absolute atomic E-state index is 12.0. The van der Waals surface area contributed by atoms with E-state index in [9.17, 15) is 8.42 Å². The zero-order chi connectivity index (χ0) is 21.0. The highest BCUT2D eigenvalue weighted by atomic mass is 32.2. The predicted octanol–water partition coefficient (Wildman–Crippen LogP) is 5.26. The lowest BCUT2D eigenvalue weighted by atomic mass is 10.2. The van der Waals surface area contributed by atoms with Gasteiger partial charge in [-0.05, 0) is 48.4 Å². The van der Waals surface area contributed by atoms with E-state index in [1.807, 2.05) is 55.5 Å². The summed E-state index contributed by atoms with van der Waals surface area (Å²) in [6, 6.07) is 25.4. The average molecular weight is 421 g/mol. The molecule has 0 aliphatic heterocycles. The molecule has 6 heteroatoms. The molecule has 0 saturated carbocycles. The molecule has 1 aromatic heterocycles. The third-order valence-electron chi connectivity index (χ3n) is 4.92. The molecule has 4 rings (SSSR count). The molecule has 1 heterocycles. The minimum atomic E-state index is -3.56. The molecular weight excluding hydrogens is 396 g/mol. The fourth-order valence-electron chi connectivity index (χ4n) is 3.39. The highest BCUT2D eigenvalue weighted by Crippen LogP contribution is 2.28. The monoisotopic (exact) mass is 420 g/mol. The van der Waals surface area contributed by atoms with Gasteiger partial charge in [-0.3, -0.25) is 0 Å². The van der Waals surface area contributed by atoms with Gasteiger partial charge in [0.2, 0.25) is 0 Å². The summed E-state index contributed by atoms with van der Waals surface area (Å²) in [5, 5.41) is 0. The summed E-state index contributed by atoms with van der Waals surface area (Å²) in [4.78, 5) is 4.83. The van der Waals surface area contributed by atoms with Gasteiger partial charge in [0.25, 0.3) is 0 Å². The summed E-state index contributed by atoms with van der Waals surface area (Å²) in [7, 11) is -3.56. The second kappa shape index (κ2) is 8.71. The van der Waals surface area contributed by atoms with Crippen molar-refractivity contribution in [3.63, 3.8) is 0 Å². The van der Waals surface area contributed by atoms with E-state index in [0.29, 0.717) is 18.7 Å². The van der Waals surface area contributed by atoms with E-state index in [1.165, 1.54) is 5.56 Å². The van der Waals surface area contributed by atoms with Crippen LogP contribution in [0.3, 0.4) is 0 Å². The normalized spacial score (nSPS) is 11.6. The molecule has 0 N–H and O–H groups in total. The van der Waals surface area contributed by atoms with E-state index in [4.69, 9.17) is 9.17 Å². The van der Waals surface area contributed by atoms with Gasteiger partial charge in [0.1, 0.15) is 11.6 Å². The van der Waals surface area contributed by atoms with E-state index in [1.54, 1.807) is 12.1 Å². The Morgan fingerprint density at radius 3 is 2.33 bits per heavy atom. The molecule has 4 aromatic rings. The lowest BCUT2D eigenvalue weighted by molar-refractivity contribution is 0.483. The fourth-order valence-corrected chi connectivity index (χ4v) is 4.52. The minimum absolute atomic E-state index is 0.0259. The molecule has 0 unspecified atom stereocenters. The fraction of sp³-hybridized carbons (Fsp3) is 0.208. The van der Waals surface area contributed by atoms with Crippen molar-refractivity contribution in [3.05, 3.63) is 84.4 Å². The van der Waals surface area contributed by atoms with Gasteiger partial charge in [0.15, 0.2) is 0 Å². The van der Waals surface area contributed by atoms with E-state index in [-0.39, 0.29) is 5.75 Å². The minimum Gasteiger partial charge on any atom is -0.382 e. The van der Waals surface area contributed by atoms with Crippen LogP contribution in [0.25, 0.3) is 22.4 Å². The molecule has 0 aliphatic carbocycles. The largest absolute Gasteiger partial charge is 0.382 e. The first-order valence-electron chi connectivity index (χ1n) is 10.1. The molecule has 3 aromatic carbocycles. The predicted molar refractivity (Wildman–Crippen MR) is 120 cm³/mol. The van der Waals surface area contributed by atoms with Crippen LogP contribution >= 0.6 is 0 Å². The third kappa shape index (κ3) is 4.54. The van der Waals surface area contributed by atoms with E-state index >= 15 is 0 Å². The lowest BCUT2D eigenvalue weighted by Gasteiger charge is -2.11. The van der Waals surface area contributed by atoms with Crippen LogP contribution in [-0.2, 0) is 16.7 Å². The topological polar surface area (TPSA) is 61.2 Å². The molecule has 0 aliphatic rings. The first-order chi connectivity index (χ1) is 14.6. The summed E-state index contributed by atoms with van der Waals surface area (Å²) in [5.41, 5.74) is 4.06. The van der Waals surface area contributed by atoms with Crippen molar-refractivity contribution in [2.45, 2.75) is 26.3 Å². The van der Waals surface area contributed by atoms with Crippen molar-refractivity contribution in [2.24, 2.45) is 0 Å². The van der Waals surface area contributed by atoms with E-state index in [2.05, 4.69) is 22.8 Å². The Hall–Kier alpha value is -3.12. The number of para-hydroxylation sites is 2. The molecule has 0 saturated heterocycles. The van der Waals surface area contributed by atoms with Crippen molar-refractivity contribution in [2.75, 3.05) is 5.75 Å². The third-order valence-corrected chi connectivity index (χ3v) is 6.16.